The molecule has 15 heavy (non-hydrogen) atoms. The van der Waals surface area contributed by atoms with Crippen molar-refractivity contribution in [2.45, 2.75) is 25.3 Å². The highest BCUT2D eigenvalue weighted by molar-refractivity contribution is 5.91. The Labute approximate surface area is 88.8 Å². The van der Waals surface area contributed by atoms with E-state index in [0.29, 0.717) is 24.3 Å². The van der Waals surface area contributed by atoms with Crippen molar-refractivity contribution in [3.63, 3.8) is 0 Å². The predicted octanol–water partition coefficient (Wildman–Crippen LogP) is 1.14. The summed E-state index contributed by atoms with van der Waals surface area (Å²) in [4.78, 5) is 11.5. The van der Waals surface area contributed by atoms with Crippen LogP contribution in [0.4, 0.5) is 0 Å². The van der Waals surface area contributed by atoms with Gasteiger partial charge >= 0.3 is 0 Å². The lowest BCUT2D eigenvalue weighted by Crippen LogP contribution is -2.28. The van der Waals surface area contributed by atoms with Crippen LogP contribution in [0.3, 0.4) is 0 Å². The summed E-state index contributed by atoms with van der Waals surface area (Å²) < 4.78 is 4.99. The number of nitrogens with one attached hydrogen (secondary N) is 1. The monoisotopic (exact) mass is 208 g/mol. The van der Waals surface area contributed by atoms with Gasteiger partial charge in [0.2, 0.25) is 0 Å². The molecule has 3 N–H and O–H groups in total. The first-order valence-corrected chi connectivity index (χ1v) is 5.33. The van der Waals surface area contributed by atoms with E-state index < -0.39 is 0 Å². The van der Waals surface area contributed by atoms with E-state index in [2.05, 4.69) is 5.32 Å². The second kappa shape index (κ2) is 4.49. The lowest BCUT2D eigenvalue weighted by Gasteiger charge is -2.09. The molecule has 1 aromatic rings. The third-order valence-electron chi connectivity index (χ3n) is 2.88. The van der Waals surface area contributed by atoms with Gasteiger partial charge in [-0.1, -0.05) is 0 Å². The molecule has 1 fully saturated rings. The van der Waals surface area contributed by atoms with Gasteiger partial charge in [-0.15, -0.1) is 0 Å². The summed E-state index contributed by atoms with van der Waals surface area (Å²) in [7, 11) is 0. The zero-order valence-corrected chi connectivity index (χ0v) is 8.61. The maximum atomic E-state index is 11.5. The van der Waals surface area contributed by atoms with E-state index in [1.54, 1.807) is 12.1 Å². The molecule has 1 amide bonds. The van der Waals surface area contributed by atoms with Crippen LogP contribution in [0.2, 0.25) is 0 Å². The van der Waals surface area contributed by atoms with Crippen LogP contribution in [0.25, 0.3) is 0 Å². The SMILES string of the molecule is NC1CCC(CNC(=O)c2ccco2)C1. The zero-order chi connectivity index (χ0) is 10.7. The molecule has 1 saturated carbocycles. The highest BCUT2D eigenvalue weighted by Gasteiger charge is 2.22. The molecule has 0 aliphatic heterocycles. The smallest absolute Gasteiger partial charge is 0.286 e. The van der Waals surface area contributed by atoms with Gasteiger partial charge in [-0.05, 0) is 37.3 Å². The van der Waals surface area contributed by atoms with Crippen LogP contribution in [0.15, 0.2) is 22.8 Å². The Morgan fingerprint density at radius 1 is 1.60 bits per heavy atom. The average Bonchev–Trinajstić information content (AvgIpc) is 2.84. The fourth-order valence-electron chi connectivity index (χ4n) is 2.03. The number of furan rings is 1. The second-order valence-electron chi connectivity index (χ2n) is 4.13. The number of carbonyl (C=O) groups excluding carboxylic acids is 1. The molecule has 2 atom stereocenters. The Bertz CT molecular complexity index is 321. The molecule has 0 saturated heterocycles. The van der Waals surface area contributed by atoms with Gasteiger partial charge in [-0.3, -0.25) is 4.79 Å². The summed E-state index contributed by atoms with van der Waals surface area (Å²) >= 11 is 0. The number of nitrogens with two attached hydrogens (primary N) is 1. The first kappa shape index (κ1) is 10.2. The molecule has 1 aliphatic carbocycles. The van der Waals surface area contributed by atoms with Crippen LogP contribution in [-0.2, 0) is 0 Å². The van der Waals surface area contributed by atoms with Crippen molar-refractivity contribution < 1.29 is 9.21 Å². The van der Waals surface area contributed by atoms with Crippen LogP contribution in [0, 0.1) is 5.92 Å². The fraction of sp³-hybridized carbons (Fsp3) is 0.545. The molecular weight excluding hydrogens is 192 g/mol. The van der Waals surface area contributed by atoms with Crippen LogP contribution >= 0.6 is 0 Å². The van der Waals surface area contributed by atoms with Crippen LogP contribution in [-0.4, -0.2) is 18.5 Å². The number of carbonyl (C=O) groups is 1. The van der Waals surface area contributed by atoms with Crippen LogP contribution in [0.5, 0.6) is 0 Å². The van der Waals surface area contributed by atoms with E-state index in [-0.39, 0.29) is 5.91 Å². The summed E-state index contributed by atoms with van der Waals surface area (Å²) in [5.74, 6) is 0.761. The maximum absolute atomic E-state index is 11.5. The van der Waals surface area contributed by atoms with Crippen molar-refractivity contribution in [3.8, 4) is 0 Å². The normalized spacial score (nSPS) is 25.4. The third kappa shape index (κ3) is 2.59. The molecule has 0 radical (unpaired) electrons. The quantitative estimate of drug-likeness (QED) is 0.782. The zero-order valence-electron chi connectivity index (χ0n) is 8.61. The number of rotatable bonds is 3. The highest BCUT2D eigenvalue weighted by atomic mass is 16.3. The van der Waals surface area contributed by atoms with Crippen molar-refractivity contribution >= 4 is 5.91 Å². The molecule has 0 aromatic carbocycles. The highest BCUT2D eigenvalue weighted by Crippen LogP contribution is 2.23. The maximum Gasteiger partial charge on any atom is 0.286 e. The van der Waals surface area contributed by atoms with E-state index >= 15 is 0 Å². The molecule has 1 aliphatic rings. The van der Waals surface area contributed by atoms with E-state index in [9.17, 15) is 4.79 Å². The van der Waals surface area contributed by atoms with Crippen molar-refractivity contribution in [3.05, 3.63) is 24.2 Å². The van der Waals surface area contributed by atoms with Gasteiger partial charge in [-0.2, -0.15) is 0 Å². The molecule has 0 spiro atoms. The Kier molecular flexibility index (Phi) is 3.06. The van der Waals surface area contributed by atoms with E-state index in [0.717, 1.165) is 19.3 Å². The first-order chi connectivity index (χ1) is 7.25. The largest absolute Gasteiger partial charge is 0.459 e. The molecule has 2 unspecified atom stereocenters. The van der Waals surface area contributed by atoms with Gasteiger partial charge in [0.15, 0.2) is 5.76 Å². The van der Waals surface area contributed by atoms with Crippen LogP contribution < -0.4 is 11.1 Å². The van der Waals surface area contributed by atoms with E-state index in [4.69, 9.17) is 10.2 Å². The Hall–Kier alpha value is -1.29. The minimum atomic E-state index is -0.138. The standard InChI is InChI=1S/C11H16N2O2/c12-9-4-3-8(6-9)7-13-11(14)10-2-1-5-15-10/h1-2,5,8-9H,3-4,6-7,12H2,(H,13,14). The Balaban J connectivity index is 1.76. The van der Waals surface area contributed by atoms with Crippen molar-refractivity contribution in [1.29, 1.82) is 0 Å². The van der Waals surface area contributed by atoms with Gasteiger partial charge in [-0.25, -0.2) is 0 Å². The number of amides is 1. The molecular formula is C11H16N2O2. The molecule has 4 heteroatoms. The molecule has 1 heterocycles. The van der Waals surface area contributed by atoms with Crippen molar-refractivity contribution in [2.24, 2.45) is 11.7 Å². The summed E-state index contributed by atoms with van der Waals surface area (Å²) in [6.07, 6.45) is 4.69. The minimum Gasteiger partial charge on any atom is -0.459 e. The van der Waals surface area contributed by atoms with Crippen LogP contribution in [0.1, 0.15) is 29.8 Å². The van der Waals surface area contributed by atoms with Crippen molar-refractivity contribution in [2.75, 3.05) is 6.54 Å². The Morgan fingerprint density at radius 3 is 3.07 bits per heavy atom. The molecule has 82 valence electrons. The summed E-state index contributed by atoms with van der Waals surface area (Å²) in [5, 5.41) is 2.86. The molecule has 1 aromatic heterocycles. The third-order valence-corrected chi connectivity index (χ3v) is 2.88. The molecule has 0 bridgehead atoms. The Morgan fingerprint density at radius 2 is 2.47 bits per heavy atom. The average molecular weight is 208 g/mol. The summed E-state index contributed by atoms with van der Waals surface area (Å²) in [6.45, 7) is 0.702. The van der Waals surface area contributed by atoms with Gasteiger partial charge < -0.3 is 15.5 Å². The molecule has 2 rings (SSSR count). The predicted molar refractivity (Wildman–Crippen MR) is 56.4 cm³/mol. The molecule has 4 nitrogen and oxygen atoms in total. The summed E-state index contributed by atoms with van der Waals surface area (Å²) in [5.41, 5.74) is 5.79. The lowest BCUT2D eigenvalue weighted by molar-refractivity contribution is 0.0919. The van der Waals surface area contributed by atoms with Crippen molar-refractivity contribution in [1.82, 2.24) is 5.32 Å². The van der Waals surface area contributed by atoms with E-state index in [1.165, 1.54) is 6.26 Å². The lowest BCUT2D eigenvalue weighted by atomic mass is 10.1. The van der Waals surface area contributed by atoms with E-state index in [1.807, 2.05) is 0 Å². The minimum absolute atomic E-state index is 0.138. The number of hydrogen-bond acceptors (Lipinski definition) is 3. The second-order valence-corrected chi connectivity index (χ2v) is 4.13. The van der Waals surface area contributed by atoms with Gasteiger partial charge in [0.25, 0.3) is 5.91 Å². The fourth-order valence-corrected chi connectivity index (χ4v) is 2.03. The topological polar surface area (TPSA) is 68.3 Å². The number of hydrogen-bond donors (Lipinski definition) is 2. The van der Waals surface area contributed by atoms with Gasteiger partial charge in [0, 0.05) is 12.6 Å². The first-order valence-electron chi connectivity index (χ1n) is 5.33. The summed E-state index contributed by atoms with van der Waals surface area (Å²) in [6, 6.07) is 3.69. The van der Waals surface area contributed by atoms with Gasteiger partial charge in [0.05, 0.1) is 6.26 Å². The van der Waals surface area contributed by atoms with Gasteiger partial charge in [0.1, 0.15) is 0 Å².